The van der Waals surface area contributed by atoms with Crippen LogP contribution in [-0.4, -0.2) is 80.4 Å². The van der Waals surface area contributed by atoms with E-state index in [1.165, 1.54) is 21.5 Å². The Morgan fingerprint density at radius 1 is 0.902 bits per heavy atom. The molecule has 2 aliphatic rings. The highest BCUT2D eigenvalue weighted by Gasteiger charge is 2.41. The molecule has 0 spiro atoms. The van der Waals surface area contributed by atoms with Gasteiger partial charge in [0.15, 0.2) is 8.32 Å². The molecule has 4 rings (SSSR count). The smallest absolute Gasteiger partial charge is 0.330 e. The van der Waals surface area contributed by atoms with Gasteiger partial charge in [0.25, 0.3) is 11.1 Å². The average molecular weight is 822 g/mol. The first-order valence-corrected chi connectivity index (χ1v) is 18.0. The molecule has 0 radical (unpaired) electrons. The van der Waals surface area contributed by atoms with Crippen LogP contribution in [0.15, 0.2) is 31.6 Å². The number of rotatable bonds is 6. The Morgan fingerprint density at radius 2 is 1.32 bits per heavy atom. The van der Waals surface area contributed by atoms with Gasteiger partial charge < -0.3 is 29.2 Å². The Bertz CT molecular complexity index is 1450. The molecule has 17 heteroatoms. The van der Waals surface area contributed by atoms with Crippen molar-refractivity contribution in [2.24, 2.45) is 0 Å². The standard InChI is InChI=1S/C15H25IN2O5Si.C9H11IN2O5/c1-15(2,3)24(4,5)22-8-11-10(19)6-12(23-11)18-7-9(16)13(20)17-14(18)21;10-4-2-12(9(16)11-8(4)15)7-1-5(14)6(3-13)17-7/h7,10-12,19H,6,8H2,1-5H3,(H,17,20,21);2,5-7,13-14H,1,3H2,(H,11,15,16). The summed E-state index contributed by atoms with van der Waals surface area (Å²) in [4.78, 5) is 50.6. The third-order valence-electron chi connectivity index (χ3n) is 7.47. The molecule has 230 valence electrons. The SMILES string of the molecule is CC(C)(C)[Si](C)(C)OCC1OC(n2cc(I)c(=O)[nH]c2=O)CC1O.O=c1[nH]c(=O)n(C2CC(O)C(CO)O2)cc1I. The molecule has 0 aliphatic carbocycles. The van der Waals surface area contributed by atoms with Crippen LogP contribution in [0.1, 0.15) is 46.1 Å². The number of aliphatic hydroxyl groups is 3. The van der Waals surface area contributed by atoms with Gasteiger partial charge in [0, 0.05) is 25.2 Å². The van der Waals surface area contributed by atoms with Crippen LogP contribution < -0.4 is 22.5 Å². The lowest BCUT2D eigenvalue weighted by atomic mass is 10.2. The van der Waals surface area contributed by atoms with Crippen molar-refractivity contribution in [3.8, 4) is 0 Å². The molecule has 14 nitrogen and oxygen atoms in total. The second kappa shape index (κ2) is 13.6. The first kappa shape index (κ1) is 34.3. The van der Waals surface area contributed by atoms with Crippen molar-refractivity contribution in [1.29, 1.82) is 0 Å². The monoisotopic (exact) mass is 822 g/mol. The van der Waals surface area contributed by atoms with Crippen LogP contribution in [0.5, 0.6) is 0 Å². The number of nitrogens with zero attached hydrogens (tertiary/aromatic N) is 2. The third kappa shape index (κ3) is 8.25. The predicted octanol–water partition coefficient (Wildman–Crippen LogP) is 0.593. The minimum atomic E-state index is -1.94. The Kier molecular flexibility index (Phi) is 11.4. The van der Waals surface area contributed by atoms with E-state index in [-0.39, 0.29) is 24.5 Å². The highest BCUT2D eigenvalue weighted by atomic mass is 127. The summed E-state index contributed by atoms with van der Waals surface area (Å²) in [6.45, 7) is 10.7. The molecule has 2 fully saturated rings. The second-order valence-electron chi connectivity index (χ2n) is 11.4. The minimum absolute atomic E-state index is 0.0714. The van der Waals surface area contributed by atoms with Crippen molar-refractivity contribution < 1.29 is 29.2 Å². The maximum Gasteiger partial charge on any atom is 0.330 e. The Balaban J connectivity index is 0.000000239. The lowest BCUT2D eigenvalue weighted by Crippen LogP contribution is -2.43. The summed E-state index contributed by atoms with van der Waals surface area (Å²) in [6.07, 6.45) is -0.670. The number of nitrogens with one attached hydrogen (secondary N) is 2. The maximum absolute atomic E-state index is 12.0. The first-order valence-electron chi connectivity index (χ1n) is 12.9. The van der Waals surface area contributed by atoms with Gasteiger partial charge in [-0.2, -0.15) is 0 Å². The van der Waals surface area contributed by atoms with Crippen LogP contribution >= 0.6 is 45.2 Å². The van der Waals surface area contributed by atoms with Crippen LogP contribution in [-0.2, 0) is 13.9 Å². The first-order chi connectivity index (χ1) is 18.9. The molecule has 6 unspecified atom stereocenters. The summed E-state index contributed by atoms with van der Waals surface area (Å²) in [7, 11) is -1.94. The quantitative estimate of drug-likeness (QED) is 0.203. The van der Waals surface area contributed by atoms with Gasteiger partial charge in [-0.3, -0.25) is 28.7 Å². The Labute approximate surface area is 263 Å². The van der Waals surface area contributed by atoms with Crippen molar-refractivity contribution in [3.63, 3.8) is 0 Å². The number of H-pyrrole nitrogens is 2. The normalized spacial score (nSPS) is 26.6. The molecule has 0 aromatic carbocycles. The van der Waals surface area contributed by atoms with Gasteiger partial charge in [-0.15, -0.1) is 0 Å². The van der Waals surface area contributed by atoms with Crippen molar-refractivity contribution >= 4 is 53.5 Å². The van der Waals surface area contributed by atoms with E-state index < -0.39 is 67.7 Å². The molecule has 2 aromatic rings. The molecule has 0 amide bonds. The summed E-state index contributed by atoms with van der Waals surface area (Å²) >= 11 is 3.66. The van der Waals surface area contributed by atoms with Crippen molar-refractivity contribution in [2.75, 3.05) is 13.2 Å². The number of aromatic amines is 2. The summed E-state index contributed by atoms with van der Waals surface area (Å²) in [5.74, 6) is 0. The second-order valence-corrected chi connectivity index (χ2v) is 18.5. The van der Waals surface area contributed by atoms with E-state index in [4.69, 9.17) is 19.0 Å². The maximum atomic E-state index is 12.0. The zero-order valence-corrected chi connectivity index (χ0v) is 28.6. The number of aromatic nitrogens is 4. The molecule has 0 bridgehead atoms. The molecule has 4 heterocycles. The molecule has 2 aromatic heterocycles. The van der Waals surface area contributed by atoms with Gasteiger partial charge in [-0.25, -0.2) is 9.59 Å². The van der Waals surface area contributed by atoms with Crippen molar-refractivity contribution in [2.45, 2.75) is 88.6 Å². The van der Waals surface area contributed by atoms with Crippen LogP contribution in [0.3, 0.4) is 0 Å². The van der Waals surface area contributed by atoms with Gasteiger partial charge in [0.1, 0.15) is 24.7 Å². The van der Waals surface area contributed by atoms with Crippen LogP contribution in [0.2, 0.25) is 18.1 Å². The summed E-state index contributed by atoms with van der Waals surface area (Å²) in [6, 6.07) is 0. The van der Waals surface area contributed by atoms with Crippen molar-refractivity contribution in [1.82, 2.24) is 19.1 Å². The van der Waals surface area contributed by atoms with E-state index in [1.54, 1.807) is 22.6 Å². The largest absolute Gasteiger partial charge is 0.414 e. The lowest BCUT2D eigenvalue weighted by Gasteiger charge is -2.37. The third-order valence-corrected chi connectivity index (χ3v) is 13.5. The van der Waals surface area contributed by atoms with Gasteiger partial charge in [0.2, 0.25) is 0 Å². The van der Waals surface area contributed by atoms with Gasteiger partial charge in [-0.05, 0) is 63.3 Å². The summed E-state index contributed by atoms with van der Waals surface area (Å²) in [5.41, 5.74) is -2.01. The number of hydrogen-bond acceptors (Lipinski definition) is 10. The Morgan fingerprint density at radius 3 is 1.71 bits per heavy atom. The average Bonchev–Trinajstić information content (AvgIpc) is 3.43. The number of aliphatic hydroxyl groups excluding tert-OH is 3. The highest BCUT2D eigenvalue weighted by Crippen LogP contribution is 2.37. The summed E-state index contributed by atoms with van der Waals surface area (Å²) < 4.78 is 20.5. The van der Waals surface area contributed by atoms with E-state index in [0.29, 0.717) is 13.7 Å². The molecule has 2 saturated heterocycles. The van der Waals surface area contributed by atoms with E-state index in [1.807, 2.05) is 22.6 Å². The highest BCUT2D eigenvalue weighted by molar-refractivity contribution is 14.1. The van der Waals surface area contributed by atoms with E-state index >= 15 is 0 Å². The zero-order valence-electron chi connectivity index (χ0n) is 23.3. The number of ether oxygens (including phenoxy) is 2. The van der Waals surface area contributed by atoms with Crippen LogP contribution in [0, 0.1) is 7.14 Å². The number of halogens is 2. The topological polar surface area (TPSA) is 198 Å². The van der Waals surface area contributed by atoms with E-state index in [9.17, 15) is 29.4 Å². The zero-order chi connectivity index (χ0) is 30.9. The summed E-state index contributed by atoms with van der Waals surface area (Å²) in [5, 5.41) is 28.8. The van der Waals surface area contributed by atoms with Gasteiger partial charge in [-0.1, -0.05) is 20.8 Å². The molecule has 2 aliphatic heterocycles. The van der Waals surface area contributed by atoms with E-state index in [2.05, 4.69) is 43.8 Å². The molecular weight excluding hydrogens is 786 g/mol. The molecule has 6 atom stereocenters. The van der Waals surface area contributed by atoms with Crippen LogP contribution in [0.25, 0.3) is 0 Å². The minimum Gasteiger partial charge on any atom is -0.414 e. The molecular formula is C24H36I2N4O10Si. The molecule has 5 N–H and O–H groups in total. The van der Waals surface area contributed by atoms with Gasteiger partial charge in [0.05, 0.1) is 32.6 Å². The predicted molar refractivity (Wildman–Crippen MR) is 167 cm³/mol. The fourth-order valence-electron chi connectivity index (χ4n) is 3.94. The van der Waals surface area contributed by atoms with Gasteiger partial charge >= 0.3 is 11.4 Å². The fraction of sp³-hybridized carbons (Fsp3) is 0.667. The molecule has 41 heavy (non-hydrogen) atoms. The van der Waals surface area contributed by atoms with E-state index in [0.717, 1.165) is 0 Å². The van der Waals surface area contributed by atoms with Crippen LogP contribution in [0.4, 0.5) is 0 Å². The Hall–Kier alpha value is -1.20. The fourth-order valence-corrected chi connectivity index (χ4v) is 5.83. The van der Waals surface area contributed by atoms with Crippen molar-refractivity contribution in [3.05, 3.63) is 61.2 Å². The molecule has 0 saturated carbocycles. The lowest BCUT2D eigenvalue weighted by molar-refractivity contribution is -0.0459. The number of hydrogen-bond donors (Lipinski definition) is 5.